The van der Waals surface area contributed by atoms with Crippen molar-refractivity contribution in [2.75, 3.05) is 11.5 Å². The van der Waals surface area contributed by atoms with Gasteiger partial charge < -0.3 is 9.84 Å². The average Bonchev–Trinajstić information content (AvgIpc) is 3.10. The molecule has 1 aliphatic rings. The number of ether oxygens (including phenoxy) is 1. The molecule has 33 heavy (non-hydrogen) atoms. The minimum atomic E-state index is -0.734. The third-order valence-corrected chi connectivity index (χ3v) is 5.84. The summed E-state index contributed by atoms with van der Waals surface area (Å²) in [6.07, 6.45) is 0. The Morgan fingerprint density at radius 1 is 0.939 bits per heavy atom. The molecule has 0 aromatic heterocycles. The smallest absolute Gasteiger partial charge is 0.300 e. The average molecular weight is 442 g/mol. The highest BCUT2D eigenvalue weighted by atomic mass is 16.5. The minimum Gasteiger partial charge on any atom is -0.507 e. The summed E-state index contributed by atoms with van der Waals surface area (Å²) in [5.41, 5.74) is 3.02. The van der Waals surface area contributed by atoms with Crippen molar-refractivity contribution >= 4 is 23.1 Å². The van der Waals surface area contributed by atoms with Crippen LogP contribution in [0.15, 0.2) is 84.4 Å². The summed E-state index contributed by atoms with van der Waals surface area (Å²) in [6.45, 7) is 6.62. The Morgan fingerprint density at radius 2 is 1.58 bits per heavy atom. The van der Waals surface area contributed by atoms with E-state index in [0.29, 0.717) is 29.5 Å². The number of amides is 1. The molecule has 1 saturated heterocycles. The van der Waals surface area contributed by atoms with Crippen LogP contribution in [0.2, 0.25) is 0 Å². The van der Waals surface area contributed by atoms with Crippen LogP contribution in [0, 0.1) is 0 Å². The zero-order chi connectivity index (χ0) is 23.5. The second-order valence-electron chi connectivity index (χ2n) is 8.28. The summed E-state index contributed by atoms with van der Waals surface area (Å²) >= 11 is 0. The van der Waals surface area contributed by atoms with Crippen molar-refractivity contribution in [2.24, 2.45) is 0 Å². The summed E-state index contributed by atoms with van der Waals surface area (Å²) in [4.78, 5) is 27.9. The van der Waals surface area contributed by atoms with Gasteiger partial charge in [0.05, 0.1) is 18.2 Å². The number of carbonyl (C=O) groups is 2. The summed E-state index contributed by atoms with van der Waals surface area (Å²) in [5.74, 6) is -0.554. The predicted molar refractivity (Wildman–Crippen MR) is 129 cm³/mol. The fraction of sp³-hybridized carbons (Fsp3) is 0.214. The van der Waals surface area contributed by atoms with E-state index in [0.717, 1.165) is 11.1 Å². The molecule has 4 rings (SSSR count). The van der Waals surface area contributed by atoms with E-state index < -0.39 is 17.7 Å². The first kappa shape index (κ1) is 22.3. The molecule has 1 aliphatic heterocycles. The highest BCUT2D eigenvalue weighted by Crippen LogP contribution is 2.42. The maximum Gasteiger partial charge on any atom is 0.300 e. The zero-order valence-corrected chi connectivity index (χ0v) is 19.0. The molecule has 1 amide bonds. The molecule has 0 bridgehead atoms. The summed E-state index contributed by atoms with van der Waals surface area (Å²) in [6, 6.07) is 23.1. The van der Waals surface area contributed by atoms with E-state index in [1.807, 2.05) is 61.5 Å². The van der Waals surface area contributed by atoms with E-state index in [-0.39, 0.29) is 11.3 Å². The molecule has 5 nitrogen and oxygen atoms in total. The van der Waals surface area contributed by atoms with Gasteiger partial charge in [0.2, 0.25) is 0 Å². The molecular formula is C28H27NO4. The molecular weight excluding hydrogens is 414 g/mol. The van der Waals surface area contributed by atoms with Crippen molar-refractivity contribution in [3.63, 3.8) is 0 Å². The van der Waals surface area contributed by atoms with Gasteiger partial charge in [0.25, 0.3) is 11.7 Å². The van der Waals surface area contributed by atoms with Crippen molar-refractivity contribution in [1.82, 2.24) is 0 Å². The third-order valence-electron chi connectivity index (χ3n) is 5.84. The Hall–Kier alpha value is -3.86. The molecule has 168 valence electrons. The molecule has 1 fully saturated rings. The number of hydrogen-bond acceptors (Lipinski definition) is 4. The van der Waals surface area contributed by atoms with Gasteiger partial charge in [0, 0.05) is 11.3 Å². The zero-order valence-electron chi connectivity index (χ0n) is 19.0. The lowest BCUT2D eigenvalue weighted by Crippen LogP contribution is -2.29. The van der Waals surface area contributed by atoms with E-state index in [1.54, 1.807) is 24.3 Å². The number of aliphatic hydroxyl groups is 1. The van der Waals surface area contributed by atoms with Crippen LogP contribution in [0.5, 0.6) is 5.75 Å². The first-order chi connectivity index (χ1) is 15.9. The van der Waals surface area contributed by atoms with Crippen molar-refractivity contribution < 1.29 is 19.4 Å². The second kappa shape index (κ2) is 9.33. The maximum absolute atomic E-state index is 13.2. The Labute approximate surface area is 193 Å². The van der Waals surface area contributed by atoms with Gasteiger partial charge in [-0.25, -0.2) is 0 Å². The molecule has 0 aliphatic carbocycles. The molecule has 0 radical (unpaired) electrons. The van der Waals surface area contributed by atoms with Crippen LogP contribution < -0.4 is 9.64 Å². The Bertz CT molecular complexity index is 1180. The van der Waals surface area contributed by atoms with Crippen LogP contribution in [0.1, 0.15) is 49.4 Å². The molecule has 1 atom stereocenters. The number of anilines is 1. The Morgan fingerprint density at radius 3 is 2.15 bits per heavy atom. The number of aliphatic hydroxyl groups excluding tert-OH is 1. The molecule has 0 saturated carbocycles. The standard InChI is InChI=1S/C28H27NO4/c1-4-33-23-16-12-21(13-17-23)26(30)24-25(20-8-6-5-7-9-20)29(28(32)27(24)31)22-14-10-19(11-15-22)18(2)3/h5-18,25,30H,4H2,1-3H3/b26-24+. The van der Waals surface area contributed by atoms with Gasteiger partial charge in [-0.3, -0.25) is 14.5 Å². The number of benzene rings is 3. The van der Waals surface area contributed by atoms with Gasteiger partial charge in [-0.2, -0.15) is 0 Å². The van der Waals surface area contributed by atoms with E-state index in [1.165, 1.54) is 4.90 Å². The second-order valence-corrected chi connectivity index (χ2v) is 8.28. The molecule has 1 unspecified atom stereocenters. The van der Waals surface area contributed by atoms with E-state index in [2.05, 4.69) is 13.8 Å². The lowest BCUT2D eigenvalue weighted by atomic mass is 9.95. The SMILES string of the molecule is CCOc1ccc(/C(O)=C2\C(=O)C(=O)N(c3ccc(C(C)C)cc3)C2c2ccccc2)cc1. The summed E-state index contributed by atoms with van der Waals surface area (Å²) in [5, 5.41) is 11.2. The van der Waals surface area contributed by atoms with Crippen molar-refractivity contribution in [3.8, 4) is 5.75 Å². The quantitative estimate of drug-likeness (QED) is 0.297. The van der Waals surface area contributed by atoms with Crippen molar-refractivity contribution in [3.05, 3.63) is 101 Å². The fourth-order valence-electron chi connectivity index (χ4n) is 4.10. The molecule has 3 aromatic carbocycles. The first-order valence-corrected chi connectivity index (χ1v) is 11.1. The molecule has 1 heterocycles. The minimum absolute atomic E-state index is 0.0725. The van der Waals surface area contributed by atoms with Gasteiger partial charge in [0.15, 0.2) is 0 Å². The molecule has 5 heteroatoms. The topological polar surface area (TPSA) is 66.8 Å². The van der Waals surface area contributed by atoms with Gasteiger partial charge in [0.1, 0.15) is 11.5 Å². The largest absolute Gasteiger partial charge is 0.507 e. The number of Topliss-reactive ketones (excluding diaryl/α,β-unsaturated/α-hetero) is 1. The Kier molecular flexibility index (Phi) is 6.31. The van der Waals surface area contributed by atoms with Crippen molar-refractivity contribution in [1.29, 1.82) is 0 Å². The van der Waals surface area contributed by atoms with Gasteiger partial charge >= 0.3 is 0 Å². The molecule has 1 N–H and O–H groups in total. The highest BCUT2D eigenvalue weighted by Gasteiger charge is 2.46. The number of hydrogen-bond donors (Lipinski definition) is 1. The predicted octanol–water partition coefficient (Wildman–Crippen LogP) is 5.84. The number of ketones is 1. The lowest BCUT2D eigenvalue weighted by Gasteiger charge is -2.25. The van der Waals surface area contributed by atoms with Crippen molar-refractivity contribution in [2.45, 2.75) is 32.7 Å². The van der Waals surface area contributed by atoms with Crippen LogP contribution in [0.25, 0.3) is 5.76 Å². The lowest BCUT2D eigenvalue weighted by molar-refractivity contribution is -0.132. The molecule has 0 spiro atoms. The Balaban J connectivity index is 1.84. The first-order valence-electron chi connectivity index (χ1n) is 11.1. The summed E-state index contributed by atoms with van der Waals surface area (Å²) < 4.78 is 5.47. The van der Waals surface area contributed by atoms with E-state index >= 15 is 0 Å². The van der Waals surface area contributed by atoms with Crippen LogP contribution in [0.4, 0.5) is 5.69 Å². The van der Waals surface area contributed by atoms with Crippen LogP contribution in [0.3, 0.4) is 0 Å². The van der Waals surface area contributed by atoms with Gasteiger partial charge in [-0.15, -0.1) is 0 Å². The number of rotatable bonds is 6. The van der Waals surface area contributed by atoms with Gasteiger partial charge in [-0.05, 0) is 60.4 Å². The number of carbonyl (C=O) groups excluding carboxylic acids is 2. The van der Waals surface area contributed by atoms with Crippen LogP contribution >= 0.6 is 0 Å². The van der Waals surface area contributed by atoms with E-state index in [9.17, 15) is 14.7 Å². The maximum atomic E-state index is 13.2. The van der Waals surface area contributed by atoms with E-state index in [4.69, 9.17) is 4.74 Å². The normalized spacial score (nSPS) is 17.6. The van der Waals surface area contributed by atoms with Crippen LogP contribution in [-0.2, 0) is 9.59 Å². The molecule has 3 aromatic rings. The fourth-order valence-corrected chi connectivity index (χ4v) is 4.10. The summed E-state index contributed by atoms with van der Waals surface area (Å²) in [7, 11) is 0. The van der Waals surface area contributed by atoms with Crippen LogP contribution in [-0.4, -0.2) is 23.4 Å². The third kappa shape index (κ3) is 4.27. The highest BCUT2D eigenvalue weighted by molar-refractivity contribution is 6.51. The monoisotopic (exact) mass is 441 g/mol. The van der Waals surface area contributed by atoms with Gasteiger partial charge in [-0.1, -0.05) is 56.3 Å². The number of nitrogens with zero attached hydrogens (tertiary/aromatic N) is 1.